The molecule has 14 atom stereocenters. The normalized spacial score (nSPS) is 51.7. The van der Waals surface area contributed by atoms with Crippen molar-refractivity contribution in [3.63, 3.8) is 0 Å². The third kappa shape index (κ3) is 3.30. The highest BCUT2D eigenvalue weighted by Gasteiger charge is 3.05. The number of aliphatic hydroxyl groups excluding tert-OH is 1. The van der Waals surface area contributed by atoms with Crippen LogP contribution >= 0.6 is 0 Å². The van der Waals surface area contributed by atoms with E-state index < -0.39 is 111 Å². The van der Waals surface area contributed by atoms with Gasteiger partial charge >= 0.3 is 29.8 Å². The van der Waals surface area contributed by atoms with Gasteiger partial charge in [0.1, 0.15) is 17.3 Å². The molecule has 7 fully saturated rings. The highest BCUT2D eigenvalue weighted by molar-refractivity contribution is 5.78. The fourth-order valence-electron chi connectivity index (χ4n) is 12.9. The number of aliphatic hydroxyl groups is 1. The van der Waals surface area contributed by atoms with E-state index in [2.05, 4.69) is 0 Å². The first kappa shape index (κ1) is 33.6. The molecule has 1 N–H and O–H groups in total. The van der Waals surface area contributed by atoms with Crippen LogP contribution in [0.5, 0.6) is 0 Å². The average molecular weight is 703 g/mol. The molecule has 2 spiro atoms. The maximum absolute atomic E-state index is 13.9. The van der Waals surface area contributed by atoms with Gasteiger partial charge in [-0.15, -0.1) is 0 Å². The monoisotopic (exact) mass is 702 g/mol. The van der Waals surface area contributed by atoms with Crippen LogP contribution in [0.2, 0.25) is 0 Å². The number of carbonyl (C=O) groups is 5. The molecule has 7 aliphatic rings. The highest BCUT2D eigenvalue weighted by Crippen LogP contribution is 2.90. The van der Waals surface area contributed by atoms with Crippen molar-refractivity contribution in [2.24, 2.45) is 28.1 Å². The topological polar surface area (TPSA) is 193 Å². The van der Waals surface area contributed by atoms with Gasteiger partial charge in [-0.1, -0.05) is 20.8 Å². The number of furan rings is 1. The summed E-state index contributed by atoms with van der Waals surface area (Å²) in [6.45, 7) is 10.6. The summed E-state index contributed by atoms with van der Waals surface area (Å²) in [4.78, 5) is 67.2. The fourth-order valence-corrected chi connectivity index (χ4v) is 12.9. The maximum Gasteiger partial charge on any atom is 0.336 e. The second-order valence-corrected chi connectivity index (χ2v) is 16.0. The zero-order chi connectivity index (χ0) is 36.2. The van der Waals surface area contributed by atoms with Crippen LogP contribution in [-0.2, 0) is 61.9 Å². The van der Waals surface area contributed by atoms with Gasteiger partial charge in [-0.05, 0) is 31.2 Å². The summed E-state index contributed by atoms with van der Waals surface area (Å²) in [6, 6.07) is 1.66. The van der Waals surface area contributed by atoms with E-state index in [4.69, 9.17) is 42.3 Å². The first-order valence-corrected chi connectivity index (χ1v) is 16.9. The highest BCUT2D eigenvalue weighted by atomic mass is 16.9. The van der Waals surface area contributed by atoms with E-state index in [1.54, 1.807) is 13.0 Å². The second-order valence-electron chi connectivity index (χ2n) is 16.0. The lowest BCUT2D eigenvalue weighted by atomic mass is 9.33. The lowest BCUT2D eigenvalue weighted by molar-refractivity contribution is -0.478. The summed E-state index contributed by atoms with van der Waals surface area (Å²) in [5.74, 6) is -7.85. The largest absolute Gasteiger partial charge is 0.472 e. The molecule has 0 aromatic carbocycles. The number of carbonyl (C=O) groups excluding carboxylic acids is 5. The summed E-state index contributed by atoms with van der Waals surface area (Å²) >= 11 is 0. The minimum Gasteiger partial charge on any atom is -0.472 e. The van der Waals surface area contributed by atoms with Crippen LogP contribution in [0, 0.1) is 28.1 Å². The van der Waals surface area contributed by atoms with E-state index in [0.717, 1.165) is 0 Å². The Hall–Kier alpha value is -3.53. The van der Waals surface area contributed by atoms with E-state index >= 15 is 0 Å². The second kappa shape index (κ2) is 9.66. The van der Waals surface area contributed by atoms with Crippen molar-refractivity contribution in [1.29, 1.82) is 0 Å². The number of hydrogen-bond acceptors (Lipinski definition) is 15. The Morgan fingerprint density at radius 3 is 2.16 bits per heavy atom. The van der Waals surface area contributed by atoms with E-state index in [1.165, 1.54) is 40.4 Å². The van der Waals surface area contributed by atoms with Gasteiger partial charge in [0.25, 0.3) is 5.97 Å². The fraction of sp³-hybridized carbons (Fsp3) is 0.743. The molecule has 50 heavy (non-hydrogen) atoms. The molecule has 4 saturated carbocycles. The predicted molar refractivity (Wildman–Crippen MR) is 161 cm³/mol. The predicted octanol–water partition coefficient (Wildman–Crippen LogP) is 2.41. The molecule has 0 amide bonds. The standard InChI is InChI=1S/C35H42O15/c1-16(36)44-26-29(5)15-33-30(6,20(29)13-21(39)42-8)32-11-10-28(4)23(22(40)25(41)46-24(28)19-9-12-43-14-19)34(32,50-31(7,48-32)49-33)27(45-17(2)37)35(26,33)47-18(3)38/h9,12,14,20,22-24,26-27,40H,10-11,13,15H2,1-8H3/t20-,22-,23+,24-,26-,27-,28+,29-,30-,31?,32-,33+,34+,35-/m0/s1. The number of esters is 5. The summed E-state index contributed by atoms with van der Waals surface area (Å²) in [5, 5.41) is 12.2. The van der Waals surface area contributed by atoms with Gasteiger partial charge in [0.15, 0.2) is 23.9 Å². The molecule has 4 heterocycles. The molecule has 3 saturated heterocycles. The number of fused-ring (bicyclic) bond motifs is 3. The van der Waals surface area contributed by atoms with E-state index in [0.29, 0.717) is 5.56 Å². The number of cyclic esters (lactones) is 1. The molecule has 0 radical (unpaired) electrons. The number of rotatable bonds is 6. The van der Waals surface area contributed by atoms with E-state index in [9.17, 15) is 29.1 Å². The summed E-state index contributed by atoms with van der Waals surface area (Å²) in [6.07, 6.45) is -2.70. The van der Waals surface area contributed by atoms with Gasteiger partial charge in [0.05, 0.1) is 19.6 Å². The Morgan fingerprint density at radius 1 is 0.900 bits per heavy atom. The quantitative estimate of drug-likeness (QED) is 0.335. The van der Waals surface area contributed by atoms with Crippen molar-refractivity contribution >= 4 is 29.8 Å². The number of methoxy groups -OCH3 is 1. The molecular formula is C35H42O15. The molecule has 15 heteroatoms. The van der Waals surface area contributed by atoms with Crippen LogP contribution in [0.1, 0.15) is 85.8 Å². The van der Waals surface area contributed by atoms with Gasteiger partial charge in [0.2, 0.25) is 5.60 Å². The molecule has 272 valence electrons. The van der Waals surface area contributed by atoms with Crippen LogP contribution in [-0.4, -0.2) is 88.8 Å². The first-order chi connectivity index (χ1) is 23.3. The van der Waals surface area contributed by atoms with Crippen molar-refractivity contribution < 1.29 is 71.4 Å². The van der Waals surface area contributed by atoms with Gasteiger partial charge in [0, 0.05) is 61.8 Å². The van der Waals surface area contributed by atoms with E-state index in [1.807, 2.05) is 20.8 Å². The Morgan fingerprint density at radius 2 is 1.56 bits per heavy atom. The smallest absolute Gasteiger partial charge is 0.336 e. The molecule has 3 aliphatic heterocycles. The Bertz CT molecular complexity index is 1730. The van der Waals surface area contributed by atoms with Crippen LogP contribution < -0.4 is 0 Å². The van der Waals surface area contributed by atoms with Crippen molar-refractivity contribution in [1.82, 2.24) is 0 Å². The molecule has 4 bridgehead atoms. The van der Waals surface area contributed by atoms with Crippen molar-refractivity contribution in [2.45, 2.75) is 127 Å². The minimum absolute atomic E-state index is 0.0610. The Balaban J connectivity index is 1.52. The number of ether oxygens (including phenoxy) is 8. The molecule has 15 nitrogen and oxygen atoms in total. The summed E-state index contributed by atoms with van der Waals surface area (Å²) in [7, 11) is 1.27. The lowest BCUT2D eigenvalue weighted by Gasteiger charge is -2.77. The molecular weight excluding hydrogens is 660 g/mol. The van der Waals surface area contributed by atoms with Gasteiger partial charge in [-0.2, -0.15) is 0 Å². The third-order valence-corrected chi connectivity index (χ3v) is 13.8. The van der Waals surface area contributed by atoms with E-state index in [-0.39, 0.29) is 25.7 Å². The molecule has 4 aliphatic carbocycles. The van der Waals surface area contributed by atoms with Gasteiger partial charge in [-0.25, -0.2) is 4.79 Å². The lowest BCUT2D eigenvalue weighted by Crippen LogP contribution is -2.94. The minimum atomic E-state index is -2.14. The first-order valence-electron chi connectivity index (χ1n) is 16.9. The van der Waals surface area contributed by atoms with Crippen LogP contribution in [0.3, 0.4) is 0 Å². The Kier molecular flexibility index (Phi) is 6.49. The summed E-state index contributed by atoms with van der Waals surface area (Å²) < 4.78 is 56.7. The molecule has 1 aromatic rings. The van der Waals surface area contributed by atoms with Crippen molar-refractivity contribution in [2.75, 3.05) is 7.11 Å². The zero-order valence-electron chi connectivity index (χ0n) is 29.2. The molecule has 1 unspecified atom stereocenters. The average Bonchev–Trinajstić information content (AvgIpc) is 3.71. The van der Waals surface area contributed by atoms with Gasteiger partial charge in [-0.3, -0.25) is 19.2 Å². The third-order valence-electron chi connectivity index (χ3n) is 13.8. The Labute approximate surface area is 287 Å². The molecule has 8 rings (SSSR count). The zero-order valence-corrected chi connectivity index (χ0v) is 29.2. The molecule has 1 aromatic heterocycles. The van der Waals surface area contributed by atoms with Crippen LogP contribution in [0.25, 0.3) is 0 Å². The van der Waals surface area contributed by atoms with Crippen LogP contribution in [0.15, 0.2) is 23.0 Å². The van der Waals surface area contributed by atoms with Crippen LogP contribution in [0.4, 0.5) is 0 Å². The maximum atomic E-state index is 13.9. The number of hydrogen-bond donors (Lipinski definition) is 1. The van der Waals surface area contributed by atoms with Gasteiger partial charge < -0.3 is 47.4 Å². The SMILES string of the molecule is COC(=O)C[C@H]1[C@]2(C)C[C@@]34OC5(C)O[C@]6([C@@H]7[C@H](O)C(=O)O[C@@H](c8ccoc8)[C@]7(C)CC[C@]6(O5)[C@]13C)[C@H](OC(C)=O)[C@@]4(OC(C)=O)[C@H]2OC(C)=O. The van der Waals surface area contributed by atoms with Crippen molar-refractivity contribution in [3.05, 3.63) is 24.2 Å². The van der Waals surface area contributed by atoms with Crippen molar-refractivity contribution in [3.8, 4) is 0 Å². The summed E-state index contributed by atoms with van der Waals surface area (Å²) in [5.41, 5.74) is -10.6.